The lowest BCUT2D eigenvalue weighted by atomic mass is 10.1. The molecule has 0 aliphatic carbocycles. The van der Waals surface area contributed by atoms with Gasteiger partial charge in [0.25, 0.3) is 0 Å². The molecule has 0 saturated heterocycles. The van der Waals surface area contributed by atoms with E-state index in [-0.39, 0.29) is 12.1 Å². The molecule has 2 aromatic carbocycles. The highest BCUT2D eigenvalue weighted by Gasteiger charge is 2.06. The first kappa shape index (κ1) is 24.1. The van der Waals surface area contributed by atoms with Crippen LogP contribution in [0.4, 0.5) is 0 Å². The average molecular weight is 443 g/mol. The van der Waals surface area contributed by atoms with Gasteiger partial charge < -0.3 is 21.3 Å². The molecule has 0 bridgehead atoms. The minimum absolute atomic E-state index is 0.208. The van der Waals surface area contributed by atoms with Gasteiger partial charge in [0.1, 0.15) is 0 Å². The number of thiocarbonyl (C=S) groups is 2. The van der Waals surface area contributed by atoms with E-state index in [1.165, 1.54) is 24.0 Å². The van der Waals surface area contributed by atoms with Crippen LogP contribution in [0.1, 0.15) is 62.7 Å². The predicted octanol–water partition coefficient (Wildman–Crippen LogP) is 5.00. The predicted molar refractivity (Wildman–Crippen MR) is 136 cm³/mol. The number of hydrogen-bond acceptors (Lipinski definition) is 2. The molecule has 0 aliphatic heterocycles. The second-order valence-electron chi connectivity index (χ2n) is 7.48. The Balaban J connectivity index is 1.46. The summed E-state index contributed by atoms with van der Waals surface area (Å²) in [5.41, 5.74) is 2.47. The molecule has 0 heterocycles. The van der Waals surface area contributed by atoms with Crippen molar-refractivity contribution in [2.45, 2.75) is 51.6 Å². The Kier molecular flexibility index (Phi) is 11.2. The third kappa shape index (κ3) is 9.55. The van der Waals surface area contributed by atoms with Gasteiger partial charge in [-0.05, 0) is 62.3 Å². The molecule has 2 rings (SSSR count). The van der Waals surface area contributed by atoms with Crippen molar-refractivity contribution in [2.75, 3.05) is 13.1 Å². The molecule has 6 heteroatoms. The summed E-state index contributed by atoms with van der Waals surface area (Å²) in [7, 11) is 0. The SMILES string of the molecule is C[C@H](NC(=S)NCCCCCCNC(=S)N[C@H](C)c1ccccc1)c1ccccc1. The molecule has 0 unspecified atom stereocenters. The molecular weight excluding hydrogens is 408 g/mol. The van der Waals surface area contributed by atoms with Crippen LogP contribution in [-0.2, 0) is 0 Å². The van der Waals surface area contributed by atoms with Crippen LogP contribution >= 0.6 is 24.4 Å². The largest absolute Gasteiger partial charge is 0.363 e. The van der Waals surface area contributed by atoms with Crippen LogP contribution in [0.2, 0.25) is 0 Å². The maximum atomic E-state index is 5.39. The third-order valence-electron chi connectivity index (χ3n) is 4.97. The fraction of sp³-hybridized carbons (Fsp3) is 0.417. The van der Waals surface area contributed by atoms with E-state index < -0.39 is 0 Å². The molecule has 0 amide bonds. The summed E-state index contributed by atoms with van der Waals surface area (Å²) in [6, 6.07) is 21.1. The van der Waals surface area contributed by atoms with Gasteiger partial charge in [0.15, 0.2) is 10.2 Å². The summed E-state index contributed by atoms with van der Waals surface area (Å²) in [5, 5.41) is 14.7. The molecule has 0 radical (unpaired) electrons. The maximum absolute atomic E-state index is 5.39. The molecule has 30 heavy (non-hydrogen) atoms. The molecule has 4 N–H and O–H groups in total. The molecule has 0 saturated carbocycles. The molecule has 2 atom stereocenters. The fourth-order valence-electron chi connectivity index (χ4n) is 3.15. The smallest absolute Gasteiger partial charge is 0.166 e. The highest BCUT2D eigenvalue weighted by atomic mass is 32.1. The summed E-state index contributed by atoms with van der Waals surface area (Å²) in [6.45, 7) is 6.04. The Morgan fingerprint density at radius 2 is 1.00 bits per heavy atom. The molecule has 2 aromatic rings. The Hall–Kier alpha value is -2.18. The summed E-state index contributed by atoms with van der Waals surface area (Å²) < 4.78 is 0. The van der Waals surface area contributed by atoms with E-state index in [2.05, 4.69) is 59.4 Å². The highest BCUT2D eigenvalue weighted by Crippen LogP contribution is 2.11. The van der Waals surface area contributed by atoms with Gasteiger partial charge in [0.2, 0.25) is 0 Å². The first-order valence-electron chi connectivity index (χ1n) is 10.7. The van der Waals surface area contributed by atoms with Gasteiger partial charge >= 0.3 is 0 Å². The lowest BCUT2D eigenvalue weighted by Crippen LogP contribution is -2.37. The second kappa shape index (κ2) is 13.9. The van der Waals surface area contributed by atoms with Crippen LogP contribution < -0.4 is 21.3 Å². The van der Waals surface area contributed by atoms with Gasteiger partial charge in [-0.3, -0.25) is 0 Å². The van der Waals surface area contributed by atoms with E-state index in [0.29, 0.717) is 0 Å². The van der Waals surface area contributed by atoms with Crippen LogP contribution in [0, 0.1) is 0 Å². The zero-order chi connectivity index (χ0) is 21.6. The van der Waals surface area contributed by atoms with Crippen molar-refractivity contribution in [2.24, 2.45) is 0 Å². The number of nitrogens with one attached hydrogen (secondary N) is 4. The summed E-state index contributed by atoms with van der Waals surface area (Å²) >= 11 is 10.8. The van der Waals surface area contributed by atoms with Crippen molar-refractivity contribution in [1.29, 1.82) is 0 Å². The highest BCUT2D eigenvalue weighted by molar-refractivity contribution is 7.80. The van der Waals surface area contributed by atoms with Gasteiger partial charge in [-0.15, -0.1) is 0 Å². The maximum Gasteiger partial charge on any atom is 0.166 e. The zero-order valence-corrected chi connectivity index (χ0v) is 19.6. The quantitative estimate of drug-likeness (QED) is 0.290. The average Bonchev–Trinajstić information content (AvgIpc) is 2.76. The molecule has 162 valence electrons. The van der Waals surface area contributed by atoms with Crippen LogP contribution in [-0.4, -0.2) is 23.3 Å². The minimum Gasteiger partial charge on any atom is -0.363 e. The lowest BCUT2D eigenvalue weighted by Gasteiger charge is -2.17. The van der Waals surface area contributed by atoms with Gasteiger partial charge in [-0.1, -0.05) is 73.5 Å². The first-order chi connectivity index (χ1) is 14.6. The summed E-state index contributed by atoms with van der Waals surface area (Å²) in [4.78, 5) is 0. The zero-order valence-electron chi connectivity index (χ0n) is 18.0. The molecule has 0 spiro atoms. The van der Waals surface area contributed by atoms with Crippen LogP contribution in [0.5, 0.6) is 0 Å². The van der Waals surface area contributed by atoms with E-state index in [4.69, 9.17) is 24.4 Å². The second-order valence-corrected chi connectivity index (χ2v) is 8.30. The monoisotopic (exact) mass is 442 g/mol. The Labute approximate surface area is 192 Å². The van der Waals surface area contributed by atoms with E-state index in [1.54, 1.807) is 0 Å². The van der Waals surface area contributed by atoms with Crippen LogP contribution in [0.3, 0.4) is 0 Å². The number of rotatable bonds is 11. The molecule has 4 nitrogen and oxygen atoms in total. The number of unbranched alkanes of at least 4 members (excludes halogenated alkanes) is 3. The molecular formula is C24H34N4S2. The van der Waals surface area contributed by atoms with Gasteiger partial charge in [-0.2, -0.15) is 0 Å². The van der Waals surface area contributed by atoms with Crippen LogP contribution in [0.15, 0.2) is 60.7 Å². The topological polar surface area (TPSA) is 48.1 Å². The van der Waals surface area contributed by atoms with Gasteiger partial charge in [0, 0.05) is 13.1 Å². The first-order valence-corrected chi connectivity index (χ1v) is 11.6. The Morgan fingerprint density at radius 1 is 0.633 bits per heavy atom. The van der Waals surface area contributed by atoms with Crippen LogP contribution in [0.25, 0.3) is 0 Å². The van der Waals surface area contributed by atoms with Crippen molar-refractivity contribution in [3.05, 3.63) is 71.8 Å². The lowest BCUT2D eigenvalue weighted by molar-refractivity contribution is 0.611. The van der Waals surface area contributed by atoms with E-state index >= 15 is 0 Å². The normalized spacial score (nSPS) is 12.5. The molecule has 0 aliphatic rings. The van der Waals surface area contributed by atoms with Crippen molar-refractivity contribution < 1.29 is 0 Å². The van der Waals surface area contributed by atoms with Gasteiger partial charge in [-0.25, -0.2) is 0 Å². The van der Waals surface area contributed by atoms with Crippen molar-refractivity contribution in [3.8, 4) is 0 Å². The summed E-state index contributed by atoms with van der Waals surface area (Å²) in [5.74, 6) is 0. The molecule has 0 aromatic heterocycles. The molecule has 0 fully saturated rings. The van der Waals surface area contributed by atoms with Gasteiger partial charge in [0.05, 0.1) is 12.1 Å². The van der Waals surface area contributed by atoms with Crippen molar-refractivity contribution in [3.63, 3.8) is 0 Å². The number of hydrogen-bond donors (Lipinski definition) is 4. The standard InChI is InChI=1S/C24H34N4S2/c1-19(21-13-7-5-8-14-21)27-23(29)25-17-11-3-4-12-18-26-24(30)28-20(2)22-15-9-6-10-16-22/h5-10,13-16,19-20H,3-4,11-12,17-18H2,1-2H3,(H2,25,27,29)(H2,26,28,30)/t19-,20+. The summed E-state index contributed by atoms with van der Waals surface area (Å²) in [6.07, 6.45) is 4.56. The third-order valence-corrected chi connectivity index (χ3v) is 5.49. The van der Waals surface area contributed by atoms with Crippen molar-refractivity contribution >= 4 is 34.7 Å². The minimum atomic E-state index is 0.208. The van der Waals surface area contributed by atoms with E-state index in [1.807, 2.05) is 36.4 Å². The Morgan fingerprint density at radius 3 is 1.37 bits per heavy atom. The Bertz CT molecular complexity index is 687. The van der Waals surface area contributed by atoms with Crippen molar-refractivity contribution in [1.82, 2.24) is 21.3 Å². The number of benzene rings is 2. The fourth-order valence-corrected chi connectivity index (χ4v) is 3.71. The van der Waals surface area contributed by atoms with E-state index in [9.17, 15) is 0 Å². The van der Waals surface area contributed by atoms with E-state index in [0.717, 1.165) is 36.2 Å².